The number of rotatable bonds is 3. The summed E-state index contributed by atoms with van der Waals surface area (Å²) in [5, 5.41) is 9.40. The van der Waals surface area contributed by atoms with E-state index in [0.717, 1.165) is 11.1 Å². The fourth-order valence-electron chi connectivity index (χ4n) is 2.62. The van der Waals surface area contributed by atoms with E-state index in [9.17, 15) is 14.7 Å². The molecule has 0 aliphatic carbocycles. The molecule has 2 amide bonds. The van der Waals surface area contributed by atoms with Gasteiger partial charge in [-0.1, -0.05) is 24.3 Å². The monoisotopic (exact) mass is 276 g/mol. The largest absolute Gasteiger partial charge is 0.480 e. The molecule has 5 nitrogen and oxygen atoms in total. The summed E-state index contributed by atoms with van der Waals surface area (Å²) >= 11 is 0. The lowest BCUT2D eigenvalue weighted by Gasteiger charge is -2.37. The average Bonchev–Trinajstić information content (AvgIpc) is 2.46. The van der Waals surface area contributed by atoms with Gasteiger partial charge in [0.1, 0.15) is 6.04 Å². The van der Waals surface area contributed by atoms with Crippen molar-refractivity contribution in [1.82, 2.24) is 9.80 Å². The van der Waals surface area contributed by atoms with Crippen molar-refractivity contribution in [2.75, 3.05) is 13.1 Å². The Labute approximate surface area is 118 Å². The Balaban J connectivity index is 2.31. The number of aliphatic carboxylic acids is 1. The molecule has 0 saturated carbocycles. The molecular formula is C15H20N2O3. The van der Waals surface area contributed by atoms with Gasteiger partial charge < -0.3 is 14.9 Å². The van der Waals surface area contributed by atoms with Crippen LogP contribution in [-0.4, -0.2) is 46.0 Å². The minimum absolute atomic E-state index is 0.197. The van der Waals surface area contributed by atoms with E-state index < -0.39 is 12.0 Å². The Hall–Kier alpha value is -2.04. The predicted octanol–water partition coefficient (Wildman–Crippen LogP) is 1.96. The Morgan fingerprint density at radius 2 is 1.85 bits per heavy atom. The van der Waals surface area contributed by atoms with Crippen LogP contribution >= 0.6 is 0 Å². The van der Waals surface area contributed by atoms with Crippen LogP contribution in [0.5, 0.6) is 0 Å². The van der Waals surface area contributed by atoms with Gasteiger partial charge in [0, 0.05) is 26.1 Å². The molecule has 1 aliphatic rings. The maximum atomic E-state index is 12.5. The molecule has 1 aromatic rings. The van der Waals surface area contributed by atoms with Crippen molar-refractivity contribution in [2.45, 2.75) is 32.9 Å². The van der Waals surface area contributed by atoms with Gasteiger partial charge in [-0.2, -0.15) is 0 Å². The normalized spacial score (nSPS) is 17.5. The van der Waals surface area contributed by atoms with Gasteiger partial charge >= 0.3 is 12.0 Å². The fraction of sp³-hybridized carbons (Fsp3) is 0.467. The van der Waals surface area contributed by atoms with E-state index >= 15 is 0 Å². The summed E-state index contributed by atoms with van der Waals surface area (Å²) in [5.41, 5.74) is 2.05. The molecule has 1 atom stereocenters. The molecule has 0 fully saturated rings. The Morgan fingerprint density at radius 1 is 1.25 bits per heavy atom. The molecule has 0 radical (unpaired) electrons. The van der Waals surface area contributed by atoms with Crippen molar-refractivity contribution < 1.29 is 14.7 Å². The first kappa shape index (κ1) is 14.4. The van der Waals surface area contributed by atoms with E-state index in [-0.39, 0.29) is 6.03 Å². The highest BCUT2D eigenvalue weighted by Crippen LogP contribution is 2.24. The SMILES string of the molecule is CCN(CC)C(=O)N1Cc2ccccc2C[C@@H]1C(=O)O. The number of nitrogens with zero attached hydrogens (tertiary/aromatic N) is 2. The number of amides is 2. The van der Waals surface area contributed by atoms with Crippen LogP contribution in [0.1, 0.15) is 25.0 Å². The second-order valence-corrected chi connectivity index (χ2v) is 4.91. The topological polar surface area (TPSA) is 60.9 Å². The molecular weight excluding hydrogens is 256 g/mol. The van der Waals surface area contributed by atoms with Crippen LogP contribution in [0.15, 0.2) is 24.3 Å². The number of carbonyl (C=O) groups excluding carboxylic acids is 1. The number of hydrogen-bond donors (Lipinski definition) is 1. The summed E-state index contributed by atoms with van der Waals surface area (Å²) in [7, 11) is 0. The first-order valence-corrected chi connectivity index (χ1v) is 6.93. The third-order valence-electron chi connectivity index (χ3n) is 3.81. The summed E-state index contributed by atoms with van der Waals surface area (Å²) in [6, 6.07) is 6.73. The molecule has 0 saturated heterocycles. The third kappa shape index (κ3) is 2.61. The van der Waals surface area contributed by atoms with Crippen LogP contribution in [0.2, 0.25) is 0 Å². The quantitative estimate of drug-likeness (QED) is 0.918. The highest BCUT2D eigenvalue weighted by molar-refractivity contribution is 5.83. The number of hydrogen-bond acceptors (Lipinski definition) is 2. The van der Waals surface area contributed by atoms with Crippen molar-refractivity contribution in [3.05, 3.63) is 35.4 Å². The fourth-order valence-corrected chi connectivity index (χ4v) is 2.62. The van der Waals surface area contributed by atoms with E-state index in [4.69, 9.17) is 0 Å². The summed E-state index contributed by atoms with van der Waals surface area (Å²) in [6.07, 6.45) is 0.374. The van der Waals surface area contributed by atoms with Gasteiger partial charge in [0.2, 0.25) is 0 Å². The smallest absolute Gasteiger partial charge is 0.326 e. The van der Waals surface area contributed by atoms with Crippen LogP contribution < -0.4 is 0 Å². The zero-order valence-corrected chi connectivity index (χ0v) is 11.9. The molecule has 0 aromatic heterocycles. The zero-order valence-electron chi connectivity index (χ0n) is 11.9. The molecule has 1 heterocycles. The van der Waals surface area contributed by atoms with Crippen LogP contribution in [0.4, 0.5) is 4.79 Å². The molecule has 20 heavy (non-hydrogen) atoms. The maximum absolute atomic E-state index is 12.5. The maximum Gasteiger partial charge on any atom is 0.326 e. The summed E-state index contributed by atoms with van der Waals surface area (Å²) < 4.78 is 0. The lowest BCUT2D eigenvalue weighted by Crippen LogP contribution is -2.53. The number of benzene rings is 1. The van der Waals surface area contributed by atoms with Crippen molar-refractivity contribution in [1.29, 1.82) is 0 Å². The third-order valence-corrected chi connectivity index (χ3v) is 3.81. The van der Waals surface area contributed by atoms with Gasteiger partial charge in [0.25, 0.3) is 0 Å². The minimum atomic E-state index is -0.944. The van der Waals surface area contributed by atoms with Crippen LogP contribution in [-0.2, 0) is 17.8 Å². The molecule has 0 bridgehead atoms. The van der Waals surface area contributed by atoms with Crippen LogP contribution in [0.25, 0.3) is 0 Å². The number of fused-ring (bicyclic) bond motifs is 1. The van der Waals surface area contributed by atoms with Crippen molar-refractivity contribution >= 4 is 12.0 Å². The molecule has 2 rings (SSSR count). The Bertz CT molecular complexity index is 512. The van der Waals surface area contributed by atoms with E-state index in [1.165, 1.54) is 4.90 Å². The first-order chi connectivity index (χ1) is 9.58. The van der Waals surface area contributed by atoms with Crippen LogP contribution in [0.3, 0.4) is 0 Å². The van der Waals surface area contributed by atoms with Crippen LogP contribution in [0, 0.1) is 0 Å². The van der Waals surface area contributed by atoms with Crippen molar-refractivity contribution in [3.63, 3.8) is 0 Å². The predicted molar refractivity (Wildman–Crippen MR) is 75.4 cm³/mol. The summed E-state index contributed by atoms with van der Waals surface area (Å²) in [4.78, 5) is 27.1. The zero-order chi connectivity index (χ0) is 14.7. The van der Waals surface area contributed by atoms with Gasteiger partial charge in [0.15, 0.2) is 0 Å². The average molecular weight is 276 g/mol. The second-order valence-electron chi connectivity index (χ2n) is 4.91. The summed E-state index contributed by atoms with van der Waals surface area (Å²) in [6.45, 7) is 5.33. The van der Waals surface area contributed by atoms with Gasteiger partial charge in [-0.25, -0.2) is 9.59 Å². The van der Waals surface area contributed by atoms with E-state index in [0.29, 0.717) is 26.1 Å². The number of carboxylic acids is 1. The highest BCUT2D eigenvalue weighted by Gasteiger charge is 2.35. The lowest BCUT2D eigenvalue weighted by molar-refractivity contribution is -0.142. The molecule has 0 unspecified atom stereocenters. The minimum Gasteiger partial charge on any atom is -0.480 e. The number of carbonyl (C=O) groups is 2. The van der Waals surface area contributed by atoms with Gasteiger partial charge in [0.05, 0.1) is 0 Å². The summed E-state index contributed by atoms with van der Waals surface area (Å²) in [5.74, 6) is -0.944. The molecule has 1 aliphatic heterocycles. The molecule has 5 heteroatoms. The van der Waals surface area contributed by atoms with E-state index in [1.807, 2.05) is 38.1 Å². The molecule has 1 N–H and O–H groups in total. The Morgan fingerprint density at radius 3 is 2.40 bits per heavy atom. The standard InChI is InChI=1S/C15H20N2O3/c1-3-16(4-2)15(20)17-10-12-8-6-5-7-11(12)9-13(17)14(18)19/h5-8,13H,3-4,9-10H2,1-2H3,(H,18,19)/t13-/m1/s1. The van der Waals surface area contributed by atoms with Gasteiger partial charge in [-0.15, -0.1) is 0 Å². The lowest BCUT2D eigenvalue weighted by atomic mass is 9.94. The molecule has 0 spiro atoms. The second kappa shape index (κ2) is 5.94. The molecule has 108 valence electrons. The highest BCUT2D eigenvalue weighted by atomic mass is 16.4. The van der Waals surface area contributed by atoms with Crippen molar-refractivity contribution in [2.24, 2.45) is 0 Å². The van der Waals surface area contributed by atoms with Crippen molar-refractivity contribution in [3.8, 4) is 0 Å². The van der Waals surface area contributed by atoms with Gasteiger partial charge in [-0.3, -0.25) is 0 Å². The number of urea groups is 1. The van der Waals surface area contributed by atoms with E-state index in [1.54, 1.807) is 4.90 Å². The van der Waals surface area contributed by atoms with Gasteiger partial charge in [-0.05, 0) is 25.0 Å². The molecule has 1 aromatic carbocycles. The number of carboxylic acid groups (broad SMARTS) is 1. The first-order valence-electron chi connectivity index (χ1n) is 6.93. The van der Waals surface area contributed by atoms with E-state index in [2.05, 4.69) is 0 Å². The Kier molecular flexibility index (Phi) is 4.27.